The summed E-state index contributed by atoms with van der Waals surface area (Å²) in [6.07, 6.45) is 0. The number of fused-ring (bicyclic) bond motifs is 1. The standard InChI is InChI=1S/C17H22N2O2/c1-16(2,17(3,4)18)15(21)19-13-9-5-8-12-11(13)7-6-10-14(12)20/h5-10,20H,18H2,1-4H3,(H,19,21). The fourth-order valence-corrected chi connectivity index (χ4v) is 1.97. The van der Waals surface area contributed by atoms with Gasteiger partial charge in [0.2, 0.25) is 5.91 Å². The average Bonchev–Trinajstić information content (AvgIpc) is 2.38. The van der Waals surface area contributed by atoms with E-state index in [0.29, 0.717) is 11.1 Å². The highest BCUT2D eigenvalue weighted by molar-refractivity contribution is 6.05. The van der Waals surface area contributed by atoms with Crippen molar-refractivity contribution in [3.8, 4) is 5.75 Å². The highest BCUT2D eigenvalue weighted by atomic mass is 16.3. The van der Waals surface area contributed by atoms with E-state index in [4.69, 9.17) is 5.73 Å². The van der Waals surface area contributed by atoms with E-state index in [1.807, 2.05) is 45.9 Å². The lowest BCUT2D eigenvalue weighted by molar-refractivity contribution is -0.126. The molecule has 0 aliphatic heterocycles. The fraction of sp³-hybridized carbons (Fsp3) is 0.353. The van der Waals surface area contributed by atoms with E-state index >= 15 is 0 Å². The number of nitrogens with one attached hydrogen (secondary N) is 1. The number of hydrogen-bond donors (Lipinski definition) is 3. The van der Waals surface area contributed by atoms with E-state index in [0.717, 1.165) is 5.39 Å². The van der Waals surface area contributed by atoms with Crippen LogP contribution in [0.25, 0.3) is 10.8 Å². The van der Waals surface area contributed by atoms with Gasteiger partial charge in [-0.2, -0.15) is 0 Å². The first-order chi connectivity index (χ1) is 9.64. The Labute approximate surface area is 125 Å². The maximum atomic E-state index is 12.6. The van der Waals surface area contributed by atoms with Crippen molar-refractivity contribution in [2.24, 2.45) is 11.1 Å². The second-order valence-electron chi connectivity index (χ2n) is 6.48. The first-order valence-electron chi connectivity index (χ1n) is 6.95. The highest BCUT2D eigenvalue weighted by Crippen LogP contribution is 2.33. The molecule has 0 aliphatic rings. The quantitative estimate of drug-likeness (QED) is 0.810. The summed E-state index contributed by atoms with van der Waals surface area (Å²) in [6.45, 7) is 7.32. The molecule has 2 aromatic rings. The van der Waals surface area contributed by atoms with Crippen molar-refractivity contribution in [1.29, 1.82) is 0 Å². The number of phenols is 1. The Balaban J connectivity index is 2.42. The predicted molar refractivity (Wildman–Crippen MR) is 86.3 cm³/mol. The van der Waals surface area contributed by atoms with Crippen LogP contribution in [-0.4, -0.2) is 16.6 Å². The molecule has 4 nitrogen and oxygen atoms in total. The van der Waals surface area contributed by atoms with Crippen molar-refractivity contribution in [3.63, 3.8) is 0 Å². The van der Waals surface area contributed by atoms with Gasteiger partial charge in [-0.15, -0.1) is 0 Å². The molecule has 0 atom stereocenters. The van der Waals surface area contributed by atoms with E-state index < -0.39 is 11.0 Å². The molecule has 0 heterocycles. The first-order valence-corrected chi connectivity index (χ1v) is 6.95. The van der Waals surface area contributed by atoms with Crippen LogP contribution in [0.1, 0.15) is 27.7 Å². The smallest absolute Gasteiger partial charge is 0.231 e. The summed E-state index contributed by atoms with van der Waals surface area (Å²) in [5.41, 5.74) is 5.40. The van der Waals surface area contributed by atoms with Gasteiger partial charge in [0.15, 0.2) is 0 Å². The molecular formula is C17H22N2O2. The lowest BCUT2D eigenvalue weighted by atomic mass is 9.74. The van der Waals surface area contributed by atoms with Gasteiger partial charge >= 0.3 is 0 Å². The molecule has 1 amide bonds. The van der Waals surface area contributed by atoms with Crippen molar-refractivity contribution in [2.45, 2.75) is 33.2 Å². The molecule has 0 saturated heterocycles. The van der Waals surface area contributed by atoms with Gasteiger partial charge in [-0.25, -0.2) is 0 Å². The molecule has 0 spiro atoms. The minimum absolute atomic E-state index is 0.147. The van der Waals surface area contributed by atoms with Gasteiger partial charge in [0, 0.05) is 22.0 Å². The minimum Gasteiger partial charge on any atom is -0.507 e. The zero-order chi connectivity index (χ0) is 15.8. The van der Waals surface area contributed by atoms with Gasteiger partial charge in [-0.1, -0.05) is 24.3 Å². The highest BCUT2D eigenvalue weighted by Gasteiger charge is 2.40. The SMILES string of the molecule is CC(C)(N)C(C)(C)C(=O)Nc1cccc2c(O)cccc12. The van der Waals surface area contributed by atoms with E-state index in [-0.39, 0.29) is 11.7 Å². The second kappa shape index (κ2) is 5.04. The summed E-state index contributed by atoms with van der Waals surface area (Å²) in [7, 11) is 0. The van der Waals surface area contributed by atoms with Crippen LogP contribution in [0.5, 0.6) is 5.75 Å². The molecule has 0 radical (unpaired) electrons. The Bertz CT molecular complexity index is 685. The summed E-state index contributed by atoms with van der Waals surface area (Å²) in [4.78, 5) is 12.6. The zero-order valence-electron chi connectivity index (χ0n) is 12.9. The maximum absolute atomic E-state index is 12.6. The second-order valence-corrected chi connectivity index (χ2v) is 6.48. The van der Waals surface area contributed by atoms with Crippen molar-refractivity contribution in [2.75, 3.05) is 5.32 Å². The molecule has 0 unspecified atom stereocenters. The Morgan fingerprint density at radius 3 is 2.24 bits per heavy atom. The largest absolute Gasteiger partial charge is 0.507 e. The Morgan fingerprint density at radius 1 is 1.05 bits per heavy atom. The van der Waals surface area contributed by atoms with Crippen LogP contribution in [0.15, 0.2) is 36.4 Å². The van der Waals surface area contributed by atoms with Gasteiger partial charge in [-0.3, -0.25) is 4.79 Å². The molecule has 21 heavy (non-hydrogen) atoms. The summed E-state index contributed by atoms with van der Waals surface area (Å²) in [5.74, 6) is 0.0489. The molecule has 4 N–H and O–H groups in total. The molecule has 0 saturated carbocycles. The number of phenolic OH excluding ortho intramolecular Hbond substituents is 1. The number of carbonyl (C=O) groups is 1. The number of anilines is 1. The fourth-order valence-electron chi connectivity index (χ4n) is 1.97. The lowest BCUT2D eigenvalue weighted by Gasteiger charge is -2.37. The van der Waals surface area contributed by atoms with Crippen molar-refractivity contribution < 1.29 is 9.90 Å². The van der Waals surface area contributed by atoms with Crippen LogP contribution in [-0.2, 0) is 4.79 Å². The van der Waals surface area contributed by atoms with Gasteiger partial charge in [0.1, 0.15) is 5.75 Å². The summed E-state index contributed by atoms with van der Waals surface area (Å²) >= 11 is 0. The third-order valence-electron chi connectivity index (χ3n) is 4.33. The van der Waals surface area contributed by atoms with Crippen molar-refractivity contribution in [3.05, 3.63) is 36.4 Å². The van der Waals surface area contributed by atoms with Gasteiger partial charge in [-0.05, 0) is 39.8 Å². The molecule has 0 bridgehead atoms. The molecule has 0 aliphatic carbocycles. The van der Waals surface area contributed by atoms with Crippen LogP contribution in [0.4, 0.5) is 5.69 Å². The molecule has 0 aromatic heterocycles. The number of rotatable bonds is 3. The van der Waals surface area contributed by atoms with E-state index in [1.165, 1.54) is 0 Å². The zero-order valence-corrected chi connectivity index (χ0v) is 12.9. The molecule has 4 heteroatoms. The minimum atomic E-state index is -0.730. The van der Waals surface area contributed by atoms with E-state index in [1.54, 1.807) is 18.2 Å². The Kier molecular flexibility index (Phi) is 3.68. The Hall–Kier alpha value is -2.07. The number of amides is 1. The van der Waals surface area contributed by atoms with Crippen LogP contribution in [0.3, 0.4) is 0 Å². The number of carbonyl (C=O) groups excluding carboxylic acids is 1. The van der Waals surface area contributed by atoms with Crippen molar-refractivity contribution in [1.82, 2.24) is 0 Å². The first kappa shape index (κ1) is 15.3. The molecular weight excluding hydrogens is 264 g/mol. The normalized spacial score (nSPS) is 12.4. The summed E-state index contributed by atoms with van der Waals surface area (Å²) < 4.78 is 0. The number of benzene rings is 2. The number of hydrogen-bond acceptors (Lipinski definition) is 3. The molecule has 112 valence electrons. The number of nitrogens with two attached hydrogens (primary N) is 1. The molecule has 2 aromatic carbocycles. The van der Waals surface area contributed by atoms with Crippen LogP contribution in [0, 0.1) is 5.41 Å². The third kappa shape index (κ3) is 2.72. The van der Waals surface area contributed by atoms with Crippen LogP contribution in [0.2, 0.25) is 0 Å². The van der Waals surface area contributed by atoms with Gasteiger partial charge in [0.25, 0.3) is 0 Å². The monoisotopic (exact) mass is 286 g/mol. The summed E-state index contributed by atoms with van der Waals surface area (Å²) in [6, 6.07) is 10.7. The average molecular weight is 286 g/mol. The molecule has 0 fully saturated rings. The molecule has 2 rings (SSSR count). The summed E-state index contributed by atoms with van der Waals surface area (Å²) in [5, 5.41) is 14.3. The van der Waals surface area contributed by atoms with Crippen LogP contribution < -0.4 is 11.1 Å². The van der Waals surface area contributed by atoms with E-state index in [9.17, 15) is 9.90 Å². The van der Waals surface area contributed by atoms with Gasteiger partial charge in [0.05, 0.1) is 5.41 Å². The number of aromatic hydroxyl groups is 1. The maximum Gasteiger partial charge on any atom is 0.231 e. The Morgan fingerprint density at radius 2 is 1.62 bits per heavy atom. The third-order valence-corrected chi connectivity index (χ3v) is 4.33. The predicted octanol–water partition coefficient (Wildman–Crippen LogP) is 3.25. The lowest BCUT2D eigenvalue weighted by Crippen LogP contribution is -2.53. The van der Waals surface area contributed by atoms with Crippen molar-refractivity contribution >= 4 is 22.4 Å². The van der Waals surface area contributed by atoms with Crippen LogP contribution >= 0.6 is 0 Å². The van der Waals surface area contributed by atoms with Gasteiger partial charge < -0.3 is 16.2 Å². The van der Waals surface area contributed by atoms with E-state index in [2.05, 4.69) is 5.32 Å². The topological polar surface area (TPSA) is 75.4 Å².